The van der Waals surface area contributed by atoms with Gasteiger partial charge in [-0.25, -0.2) is 0 Å². The Bertz CT molecular complexity index is 566. The summed E-state index contributed by atoms with van der Waals surface area (Å²) in [6.45, 7) is 13.6. The maximum atomic E-state index is 12.3. The summed E-state index contributed by atoms with van der Waals surface area (Å²) in [5.41, 5.74) is -0.0543. The van der Waals surface area contributed by atoms with E-state index in [1.807, 2.05) is 34.6 Å². The van der Waals surface area contributed by atoms with Gasteiger partial charge >= 0.3 is 0 Å². The summed E-state index contributed by atoms with van der Waals surface area (Å²) in [5, 5.41) is 34.2. The van der Waals surface area contributed by atoms with Crippen LogP contribution >= 0.6 is 0 Å². The number of hydrogen-bond donors (Lipinski definition) is 5. The molecule has 0 aliphatic heterocycles. The molecule has 9 heteroatoms. The van der Waals surface area contributed by atoms with Crippen molar-refractivity contribution in [3.63, 3.8) is 0 Å². The smallest absolute Gasteiger partial charge is 0.220 e. The molecular weight excluding hydrogens is 374 g/mol. The molecule has 0 rings (SSSR count). The van der Waals surface area contributed by atoms with Gasteiger partial charge in [0.05, 0.1) is 28.5 Å². The molecule has 0 aliphatic carbocycles. The highest BCUT2D eigenvalue weighted by atomic mass is 16.4. The predicted octanol–water partition coefficient (Wildman–Crippen LogP) is 2.06. The number of oxime groups is 2. The lowest BCUT2D eigenvalue weighted by molar-refractivity contribution is -0.122. The lowest BCUT2D eigenvalue weighted by Crippen LogP contribution is -2.57. The van der Waals surface area contributed by atoms with Crippen LogP contribution in [-0.4, -0.2) is 63.7 Å². The summed E-state index contributed by atoms with van der Waals surface area (Å²) < 4.78 is 0. The molecule has 0 fully saturated rings. The third kappa shape index (κ3) is 10.4. The highest BCUT2D eigenvalue weighted by molar-refractivity contribution is 5.90. The van der Waals surface area contributed by atoms with Gasteiger partial charge < -0.3 is 26.4 Å². The Morgan fingerprint density at radius 2 is 1.34 bits per heavy atom. The topological polar surface area (TPSA) is 135 Å². The SMILES string of the molecule is CCC(=O)CCCC(=O)NC(CNC(C)(C)/C(C)=N/O)CNC(C)(C)/C(C)=N/O. The molecule has 0 saturated heterocycles. The fourth-order valence-electron chi connectivity index (χ4n) is 2.36. The van der Waals surface area contributed by atoms with E-state index in [9.17, 15) is 9.59 Å². The molecule has 1 amide bonds. The molecule has 168 valence electrons. The first kappa shape index (κ1) is 27.0. The standard InChI is InChI=1S/C20H39N5O4/c1-8-17(26)10-9-11-18(27)23-16(12-21-19(4,5)14(2)24-28)13-22-20(6,7)15(3)25-29/h16,21-22,28-29H,8-13H2,1-7H3,(H,23,27)/b24-14+,25-15+. The zero-order valence-electron chi connectivity index (χ0n) is 18.9. The van der Waals surface area contributed by atoms with Crippen molar-refractivity contribution in [2.24, 2.45) is 10.3 Å². The van der Waals surface area contributed by atoms with E-state index in [4.69, 9.17) is 10.4 Å². The molecule has 0 saturated carbocycles. The Kier molecular flexibility index (Phi) is 11.7. The maximum Gasteiger partial charge on any atom is 0.220 e. The van der Waals surface area contributed by atoms with E-state index in [2.05, 4.69) is 26.3 Å². The van der Waals surface area contributed by atoms with Gasteiger partial charge in [0.1, 0.15) is 5.78 Å². The van der Waals surface area contributed by atoms with Gasteiger partial charge in [-0.2, -0.15) is 0 Å². The van der Waals surface area contributed by atoms with E-state index in [-0.39, 0.29) is 24.2 Å². The number of carbonyl (C=O) groups excluding carboxylic acids is 2. The number of rotatable bonds is 14. The van der Waals surface area contributed by atoms with E-state index in [0.717, 1.165) is 0 Å². The number of amides is 1. The minimum absolute atomic E-state index is 0.127. The number of nitrogens with one attached hydrogen (secondary N) is 3. The lowest BCUT2D eigenvalue weighted by Gasteiger charge is -2.32. The maximum absolute atomic E-state index is 12.3. The van der Waals surface area contributed by atoms with Crippen LogP contribution in [0.4, 0.5) is 0 Å². The number of nitrogens with zero attached hydrogens (tertiary/aromatic N) is 2. The minimum atomic E-state index is -0.552. The first-order valence-electron chi connectivity index (χ1n) is 10.1. The average molecular weight is 414 g/mol. The van der Waals surface area contributed by atoms with Crippen LogP contribution in [0.5, 0.6) is 0 Å². The molecule has 0 unspecified atom stereocenters. The Morgan fingerprint density at radius 1 is 0.897 bits per heavy atom. The van der Waals surface area contributed by atoms with E-state index in [1.165, 1.54) is 0 Å². The molecule has 0 aliphatic rings. The quantitative estimate of drug-likeness (QED) is 0.168. The van der Waals surface area contributed by atoms with Crippen LogP contribution in [0.2, 0.25) is 0 Å². The Labute approximate surface area is 174 Å². The number of hydrogen-bond acceptors (Lipinski definition) is 8. The van der Waals surface area contributed by atoms with Crippen molar-refractivity contribution in [3.8, 4) is 0 Å². The van der Waals surface area contributed by atoms with Crippen LogP contribution < -0.4 is 16.0 Å². The molecular formula is C20H39N5O4. The summed E-state index contributed by atoms with van der Waals surface area (Å²) in [4.78, 5) is 23.8. The van der Waals surface area contributed by atoms with Crippen molar-refractivity contribution in [1.29, 1.82) is 0 Å². The van der Waals surface area contributed by atoms with Crippen LogP contribution in [0.15, 0.2) is 10.3 Å². The fraction of sp³-hybridized carbons (Fsp3) is 0.800. The molecule has 9 nitrogen and oxygen atoms in total. The molecule has 0 radical (unpaired) electrons. The summed E-state index contributed by atoms with van der Waals surface area (Å²) in [6.07, 6.45) is 1.70. The zero-order chi connectivity index (χ0) is 22.7. The zero-order valence-corrected chi connectivity index (χ0v) is 18.9. The third-order valence-electron chi connectivity index (χ3n) is 5.31. The van der Waals surface area contributed by atoms with Gasteiger partial charge in [-0.05, 0) is 48.0 Å². The fourth-order valence-corrected chi connectivity index (χ4v) is 2.36. The largest absolute Gasteiger partial charge is 0.411 e. The second-order valence-electron chi connectivity index (χ2n) is 8.39. The lowest BCUT2D eigenvalue weighted by atomic mass is 9.98. The normalized spacial score (nSPS) is 13.7. The predicted molar refractivity (Wildman–Crippen MR) is 115 cm³/mol. The summed E-state index contributed by atoms with van der Waals surface area (Å²) >= 11 is 0. The molecule has 0 spiro atoms. The van der Waals surface area contributed by atoms with Gasteiger partial charge in [-0.3, -0.25) is 9.59 Å². The molecule has 0 bridgehead atoms. The van der Waals surface area contributed by atoms with Crippen LogP contribution in [0.25, 0.3) is 0 Å². The molecule has 0 atom stereocenters. The van der Waals surface area contributed by atoms with Crippen LogP contribution in [-0.2, 0) is 9.59 Å². The molecule has 5 N–H and O–H groups in total. The van der Waals surface area contributed by atoms with Gasteiger partial charge in [0.2, 0.25) is 5.91 Å². The van der Waals surface area contributed by atoms with Crippen molar-refractivity contribution in [1.82, 2.24) is 16.0 Å². The first-order valence-corrected chi connectivity index (χ1v) is 10.1. The van der Waals surface area contributed by atoms with Gasteiger partial charge in [0, 0.05) is 32.4 Å². The monoisotopic (exact) mass is 413 g/mol. The van der Waals surface area contributed by atoms with Gasteiger partial charge in [0.25, 0.3) is 0 Å². The van der Waals surface area contributed by atoms with Gasteiger partial charge in [-0.15, -0.1) is 0 Å². The molecule has 0 aromatic heterocycles. The summed E-state index contributed by atoms with van der Waals surface area (Å²) in [7, 11) is 0. The molecule has 0 aromatic carbocycles. The third-order valence-corrected chi connectivity index (χ3v) is 5.31. The van der Waals surface area contributed by atoms with Crippen LogP contribution in [0, 0.1) is 0 Å². The van der Waals surface area contributed by atoms with Gasteiger partial charge in [0.15, 0.2) is 0 Å². The highest BCUT2D eigenvalue weighted by Crippen LogP contribution is 2.08. The van der Waals surface area contributed by atoms with E-state index in [1.54, 1.807) is 13.8 Å². The summed E-state index contributed by atoms with van der Waals surface area (Å²) in [5.74, 6) is 0.0249. The summed E-state index contributed by atoms with van der Waals surface area (Å²) in [6, 6.07) is -0.263. The Morgan fingerprint density at radius 3 is 1.72 bits per heavy atom. The highest BCUT2D eigenvalue weighted by Gasteiger charge is 2.26. The molecule has 29 heavy (non-hydrogen) atoms. The van der Waals surface area contributed by atoms with E-state index >= 15 is 0 Å². The molecule has 0 aromatic rings. The van der Waals surface area contributed by atoms with Crippen LogP contribution in [0.1, 0.15) is 74.1 Å². The van der Waals surface area contributed by atoms with Gasteiger partial charge in [-0.1, -0.05) is 17.2 Å². The number of ketones is 1. The minimum Gasteiger partial charge on any atom is -0.411 e. The van der Waals surface area contributed by atoms with Crippen molar-refractivity contribution in [3.05, 3.63) is 0 Å². The van der Waals surface area contributed by atoms with E-state index < -0.39 is 11.1 Å². The van der Waals surface area contributed by atoms with Crippen LogP contribution in [0.3, 0.4) is 0 Å². The van der Waals surface area contributed by atoms with E-state index in [0.29, 0.717) is 43.8 Å². The van der Waals surface area contributed by atoms with Crippen molar-refractivity contribution >= 4 is 23.1 Å². The van der Waals surface area contributed by atoms with Crippen molar-refractivity contribution in [2.45, 2.75) is 91.3 Å². The Balaban J connectivity index is 5.00. The second kappa shape index (κ2) is 12.5. The molecule has 0 heterocycles. The average Bonchev–Trinajstić information content (AvgIpc) is 2.68. The Hall–Kier alpha value is -2.00. The van der Waals surface area contributed by atoms with Crippen molar-refractivity contribution < 1.29 is 20.0 Å². The first-order chi connectivity index (χ1) is 13.4. The second-order valence-corrected chi connectivity index (χ2v) is 8.39. The number of carbonyl (C=O) groups is 2. The van der Waals surface area contributed by atoms with Crippen molar-refractivity contribution in [2.75, 3.05) is 13.1 Å². The number of Topliss-reactive ketones (excluding diaryl/α,β-unsaturated/α-hetero) is 1.